The van der Waals surface area contributed by atoms with Gasteiger partial charge in [0.2, 0.25) is 0 Å². The van der Waals surface area contributed by atoms with E-state index in [4.69, 9.17) is 4.74 Å². The lowest BCUT2D eigenvalue weighted by atomic mass is 10.0. The van der Waals surface area contributed by atoms with Crippen LogP contribution >= 0.6 is 0 Å². The van der Waals surface area contributed by atoms with Crippen molar-refractivity contribution in [2.24, 2.45) is 5.92 Å². The minimum absolute atomic E-state index is 0.0919. The molecular weight excluding hydrogens is 324 g/mol. The summed E-state index contributed by atoms with van der Waals surface area (Å²) in [5.41, 5.74) is 0. The third-order valence-electron chi connectivity index (χ3n) is 4.41. The number of carbonyl (C=O) groups is 2. The molecule has 1 unspecified atom stereocenters. The molecule has 3 nitrogen and oxygen atoms in total. The van der Waals surface area contributed by atoms with Gasteiger partial charge in [0, 0.05) is 0 Å². The Bertz CT molecular complexity index is 410. The first-order valence-electron chi connectivity index (χ1n) is 10.5. The van der Waals surface area contributed by atoms with Crippen molar-refractivity contribution < 1.29 is 14.3 Å². The summed E-state index contributed by atoms with van der Waals surface area (Å²) in [6.07, 6.45) is 23.3. The van der Waals surface area contributed by atoms with Crippen LogP contribution in [0.4, 0.5) is 0 Å². The molecule has 0 amide bonds. The number of unbranched alkanes of at least 4 members (excludes halogenated alkanes) is 8. The van der Waals surface area contributed by atoms with Gasteiger partial charge in [-0.05, 0) is 45.4 Å². The largest absolute Gasteiger partial charge is 0.457 e. The van der Waals surface area contributed by atoms with Crippen LogP contribution in [-0.4, -0.2) is 18.4 Å². The van der Waals surface area contributed by atoms with Gasteiger partial charge in [-0.15, -0.1) is 0 Å². The van der Waals surface area contributed by atoms with Gasteiger partial charge >= 0.3 is 5.97 Å². The van der Waals surface area contributed by atoms with Gasteiger partial charge in [0.05, 0.1) is 5.92 Å². The fourth-order valence-corrected chi connectivity index (χ4v) is 2.69. The summed E-state index contributed by atoms with van der Waals surface area (Å²) in [4.78, 5) is 22.4. The third kappa shape index (κ3) is 17.4. The predicted octanol–water partition coefficient (Wildman–Crippen LogP) is 6.57. The Morgan fingerprint density at radius 2 is 1.42 bits per heavy atom. The zero-order valence-electron chi connectivity index (χ0n) is 17.3. The van der Waals surface area contributed by atoms with Gasteiger partial charge in [-0.25, -0.2) is 0 Å². The van der Waals surface area contributed by atoms with Gasteiger partial charge in [-0.1, -0.05) is 76.7 Å². The van der Waals surface area contributed by atoms with Crippen molar-refractivity contribution in [1.29, 1.82) is 0 Å². The average Bonchev–Trinajstić information content (AvgIpc) is 2.62. The third-order valence-corrected chi connectivity index (χ3v) is 4.41. The van der Waals surface area contributed by atoms with Gasteiger partial charge in [-0.2, -0.15) is 0 Å². The highest BCUT2D eigenvalue weighted by molar-refractivity contribution is 5.80. The van der Waals surface area contributed by atoms with E-state index in [1.54, 1.807) is 0 Å². The Morgan fingerprint density at radius 1 is 0.846 bits per heavy atom. The van der Waals surface area contributed by atoms with Crippen LogP contribution < -0.4 is 0 Å². The molecular formula is C23H40O3. The number of rotatable bonds is 17. The van der Waals surface area contributed by atoms with Crippen molar-refractivity contribution in [3.63, 3.8) is 0 Å². The van der Waals surface area contributed by atoms with E-state index in [-0.39, 0.29) is 24.3 Å². The fourth-order valence-electron chi connectivity index (χ4n) is 2.69. The van der Waals surface area contributed by atoms with E-state index in [2.05, 4.69) is 31.2 Å². The van der Waals surface area contributed by atoms with Crippen molar-refractivity contribution in [3.8, 4) is 0 Å². The maximum atomic E-state index is 11.6. The minimum atomic E-state index is -0.246. The quantitative estimate of drug-likeness (QED) is 0.166. The van der Waals surface area contributed by atoms with Crippen LogP contribution in [0.15, 0.2) is 24.3 Å². The summed E-state index contributed by atoms with van der Waals surface area (Å²) in [6.45, 7) is 5.46. The molecule has 0 saturated carbocycles. The number of carbonyl (C=O) groups excluding carboxylic acids is 2. The second kappa shape index (κ2) is 18.4. The zero-order valence-corrected chi connectivity index (χ0v) is 17.3. The summed E-state index contributed by atoms with van der Waals surface area (Å²) in [7, 11) is 0. The van der Waals surface area contributed by atoms with Gasteiger partial charge in [-0.3, -0.25) is 9.59 Å². The Hall–Kier alpha value is -1.38. The number of esters is 1. The van der Waals surface area contributed by atoms with E-state index in [1.165, 1.54) is 51.9 Å². The first-order valence-corrected chi connectivity index (χ1v) is 10.5. The van der Waals surface area contributed by atoms with Crippen molar-refractivity contribution in [1.82, 2.24) is 0 Å². The molecule has 0 aromatic carbocycles. The fraction of sp³-hybridized carbons (Fsp3) is 0.739. The van der Waals surface area contributed by atoms with E-state index in [0.29, 0.717) is 0 Å². The lowest BCUT2D eigenvalue weighted by Crippen LogP contribution is -2.18. The van der Waals surface area contributed by atoms with Crippen LogP contribution in [0.3, 0.4) is 0 Å². The number of Topliss-reactive ketones (excluding diaryl/α,β-unsaturated/α-hetero) is 1. The monoisotopic (exact) mass is 364 g/mol. The van der Waals surface area contributed by atoms with Crippen LogP contribution in [0.25, 0.3) is 0 Å². The summed E-state index contributed by atoms with van der Waals surface area (Å²) >= 11 is 0. The normalized spacial score (nSPS) is 12.7. The molecule has 0 bridgehead atoms. The number of ether oxygens (including phenoxy) is 1. The molecule has 1 atom stereocenters. The molecule has 26 heavy (non-hydrogen) atoms. The molecule has 150 valence electrons. The zero-order chi connectivity index (χ0) is 19.5. The van der Waals surface area contributed by atoms with Crippen molar-refractivity contribution in [2.75, 3.05) is 6.61 Å². The van der Waals surface area contributed by atoms with Crippen LogP contribution in [-0.2, 0) is 14.3 Å². The first-order chi connectivity index (χ1) is 12.6. The second-order valence-electron chi connectivity index (χ2n) is 7.23. The van der Waals surface area contributed by atoms with Crippen LogP contribution in [0.5, 0.6) is 0 Å². The Balaban J connectivity index is 3.41. The second-order valence-corrected chi connectivity index (χ2v) is 7.23. The van der Waals surface area contributed by atoms with Crippen molar-refractivity contribution in [2.45, 2.75) is 97.8 Å². The van der Waals surface area contributed by atoms with Crippen molar-refractivity contribution >= 4 is 11.8 Å². The summed E-state index contributed by atoms with van der Waals surface area (Å²) in [5.74, 6) is -0.459. The number of hydrogen-bond acceptors (Lipinski definition) is 3. The maximum absolute atomic E-state index is 11.6. The van der Waals surface area contributed by atoms with E-state index in [9.17, 15) is 9.59 Å². The molecule has 0 aliphatic carbocycles. The molecule has 0 saturated heterocycles. The Morgan fingerprint density at radius 3 is 2.04 bits per heavy atom. The van der Waals surface area contributed by atoms with Gasteiger partial charge in [0.1, 0.15) is 6.61 Å². The topological polar surface area (TPSA) is 43.4 Å². The lowest BCUT2D eigenvalue weighted by Gasteiger charge is -2.10. The highest BCUT2D eigenvalue weighted by atomic mass is 16.5. The van der Waals surface area contributed by atoms with E-state index in [0.717, 1.165) is 32.1 Å². The van der Waals surface area contributed by atoms with Gasteiger partial charge in [0.25, 0.3) is 0 Å². The number of allylic oxidation sites excluding steroid dienone is 4. The van der Waals surface area contributed by atoms with Crippen LogP contribution in [0.2, 0.25) is 0 Å². The predicted molar refractivity (Wildman–Crippen MR) is 110 cm³/mol. The van der Waals surface area contributed by atoms with Gasteiger partial charge < -0.3 is 4.74 Å². The molecule has 0 radical (unpaired) electrons. The Kier molecular flexibility index (Phi) is 17.4. The maximum Gasteiger partial charge on any atom is 0.309 e. The van der Waals surface area contributed by atoms with E-state index >= 15 is 0 Å². The van der Waals surface area contributed by atoms with Crippen LogP contribution in [0.1, 0.15) is 97.8 Å². The molecule has 0 aromatic heterocycles. The molecule has 0 spiro atoms. The molecule has 0 aromatic rings. The van der Waals surface area contributed by atoms with Crippen LogP contribution in [0, 0.1) is 5.92 Å². The standard InChI is InChI=1S/C23H40O3/c1-4-5-6-7-8-9-10-11-12-13-14-15-16-17-18-19-21(2)23(25)26-20-22(3)24/h8-9,11-12,21H,4-7,10,13-20H2,1-3H3/b9-8-,12-11-. The first kappa shape index (κ1) is 24.6. The van der Waals surface area contributed by atoms with E-state index in [1.807, 2.05) is 6.92 Å². The highest BCUT2D eigenvalue weighted by Gasteiger charge is 2.14. The molecule has 0 fully saturated rings. The summed E-state index contributed by atoms with van der Waals surface area (Å²) in [5, 5.41) is 0. The molecule has 3 heteroatoms. The lowest BCUT2D eigenvalue weighted by molar-refractivity contribution is -0.151. The minimum Gasteiger partial charge on any atom is -0.457 e. The molecule has 0 rings (SSSR count). The number of hydrogen-bond donors (Lipinski definition) is 0. The highest BCUT2D eigenvalue weighted by Crippen LogP contribution is 2.13. The number of ketones is 1. The SMILES string of the molecule is CCCCC/C=C\C/C=C\CCCCCCCC(C)C(=O)OCC(C)=O. The van der Waals surface area contributed by atoms with Gasteiger partial charge in [0.15, 0.2) is 5.78 Å². The summed E-state index contributed by atoms with van der Waals surface area (Å²) < 4.78 is 4.94. The molecule has 0 N–H and O–H groups in total. The molecule has 0 aliphatic rings. The summed E-state index contributed by atoms with van der Waals surface area (Å²) in [6, 6.07) is 0. The molecule has 0 heterocycles. The van der Waals surface area contributed by atoms with Crippen molar-refractivity contribution in [3.05, 3.63) is 24.3 Å². The smallest absolute Gasteiger partial charge is 0.309 e. The molecule has 0 aliphatic heterocycles. The van der Waals surface area contributed by atoms with E-state index < -0.39 is 0 Å². The average molecular weight is 365 g/mol. The Labute approximate surface area is 161 Å².